The predicted molar refractivity (Wildman–Crippen MR) is 24.9 cm³/mol. The number of hydrogen-bond acceptors (Lipinski definition) is 2. The minimum Gasteiger partial charge on any atom is -0.450 e. The molecule has 0 aromatic rings. The first-order chi connectivity index (χ1) is 3.73. The van der Waals surface area contributed by atoms with Gasteiger partial charge in [0.2, 0.25) is 0 Å². The summed E-state index contributed by atoms with van der Waals surface area (Å²) >= 11 is 0. The standard InChI is InChI=1S/CH2O3.Ce.H3O4P/c2-1(3)4;;1-5(2,3)4/h(H2,2,3,4);;(H3,1,2,3,4). The molecule has 60 valence electrons. The number of carbonyl (C=O) groups is 1. The molecule has 0 saturated carbocycles. The summed E-state index contributed by atoms with van der Waals surface area (Å²) in [6, 6.07) is 0. The van der Waals surface area contributed by atoms with E-state index < -0.39 is 14.0 Å². The molecule has 0 aromatic carbocycles. The number of hydrogen-bond donors (Lipinski definition) is 5. The molecule has 10 heavy (non-hydrogen) atoms. The van der Waals surface area contributed by atoms with E-state index >= 15 is 0 Å². The normalized spacial score (nSPS) is 8.30. The van der Waals surface area contributed by atoms with E-state index in [0.29, 0.717) is 0 Å². The van der Waals surface area contributed by atoms with Gasteiger partial charge in [-0.25, -0.2) is 9.36 Å². The van der Waals surface area contributed by atoms with Gasteiger partial charge in [-0.15, -0.1) is 0 Å². The maximum atomic E-state index is 8.88. The van der Waals surface area contributed by atoms with E-state index in [2.05, 4.69) is 0 Å². The quantitative estimate of drug-likeness (QED) is 0.373. The van der Waals surface area contributed by atoms with E-state index in [1.54, 1.807) is 0 Å². The van der Waals surface area contributed by atoms with Gasteiger partial charge in [0.05, 0.1) is 0 Å². The Bertz CT molecular complexity index is 113. The van der Waals surface area contributed by atoms with Gasteiger partial charge in [0.15, 0.2) is 0 Å². The molecule has 0 aromatic heterocycles. The third-order valence-electron chi connectivity index (χ3n) is 0. The molecule has 7 nitrogen and oxygen atoms in total. The second-order valence-electron chi connectivity index (χ2n) is 0.796. The maximum Gasteiger partial charge on any atom is 0.503 e. The zero-order chi connectivity index (χ0) is 8.08. The van der Waals surface area contributed by atoms with E-state index in [9.17, 15) is 0 Å². The van der Waals surface area contributed by atoms with Crippen LogP contribution in [0.5, 0.6) is 0 Å². The van der Waals surface area contributed by atoms with E-state index in [0.717, 1.165) is 0 Å². The van der Waals surface area contributed by atoms with E-state index in [1.165, 1.54) is 0 Å². The van der Waals surface area contributed by atoms with Gasteiger partial charge in [0.1, 0.15) is 0 Å². The fourth-order valence-corrected chi connectivity index (χ4v) is 0. The summed E-state index contributed by atoms with van der Waals surface area (Å²) in [6.07, 6.45) is -1.83. The van der Waals surface area contributed by atoms with Crippen LogP contribution in [0.2, 0.25) is 0 Å². The molecule has 0 radical (unpaired) electrons. The van der Waals surface area contributed by atoms with E-state index in [-0.39, 0.29) is 41.7 Å². The molecule has 0 aliphatic heterocycles. The van der Waals surface area contributed by atoms with Crippen molar-refractivity contribution < 1.29 is 76.0 Å². The van der Waals surface area contributed by atoms with Crippen molar-refractivity contribution in [1.29, 1.82) is 0 Å². The molecule has 0 saturated heterocycles. The van der Waals surface area contributed by atoms with Gasteiger partial charge in [-0.2, -0.15) is 0 Å². The van der Waals surface area contributed by atoms with Crippen LogP contribution in [0, 0.1) is 41.7 Å². The molecule has 5 N–H and O–H groups in total. The predicted octanol–water partition coefficient (Wildman–Crippen LogP) is -0.706. The van der Waals surface area contributed by atoms with Crippen LogP contribution in [0.4, 0.5) is 4.79 Å². The maximum absolute atomic E-state index is 8.88. The summed E-state index contributed by atoms with van der Waals surface area (Å²) in [7, 11) is -4.64. The number of rotatable bonds is 0. The molecule has 9 heteroatoms. The summed E-state index contributed by atoms with van der Waals surface area (Å²) in [5.74, 6) is 0. The molecule has 0 aliphatic carbocycles. The minimum absolute atomic E-state index is 0. The third kappa shape index (κ3) is 920. The average molecular weight is 300 g/mol. The van der Waals surface area contributed by atoms with E-state index in [1.807, 2.05) is 0 Å². The van der Waals surface area contributed by atoms with Crippen LogP contribution < -0.4 is 0 Å². The first kappa shape index (κ1) is 17.0. The molecule has 0 rings (SSSR count). The first-order valence-electron chi connectivity index (χ1n) is 1.43. The van der Waals surface area contributed by atoms with Gasteiger partial charge in [-0.1, -0.05) is 0 Å². The van der Waals surface area contributed by atoms with Gasteiger partial charge in [0.25, 0.3) is 0 Å². The van der Waals surface area contributed by atoms with Gasteiger partial charge in [-0.3, -0.25) is 0 Å². The molecule has 0 aliphatic rings. The van der Waals surface area contributed by atoms with Gasteiger partial charge in [-0.05, 0) is 0 Å². The fourth-order valence-electron chi connectivity index (χ4n) is 0. The van der Waals surface area contributed by atoms with Crippen LogP contribution in [0.25, 0.3) is 0 Å². The van der Waals surface area contributed by atoms with Crippen molar-refractivity contribution in [2.75, 3.05) is 0 Å². The molecule has 0 heterocycles. The van der Waals surface area contributed by atoms with Crippen LogP contribution in [0.1, 0.15) is 0 Å². The summed E-state index contributed by atoms with van der Waals surface area (Å²) in [4.78, 5) is 30.1. The Morgan fingerprint density at radius 1 is 1.10 bits per heavy atom. The topological polar surface area (TPSA) is 135 Å². The summed E-state index contributed by atoms with van der Waals surface area (Å²) in [6.45, 7) is 0. The van der Waals surface area contributed by atoms with Gasteiger partial charge >= 0.3 is 14.0 Å². The van der Waals surface area contributed by atoms with Crippen LogP contribution >= 0.6 is 7.82 Å². The number of carboxylic acid groups (broad SMARTS) is 2. The molecule has 0 fully saturated rings. The Hall–Kier alpha value is 0.757. The molecule has 0 atom stereocenters. The Labute approximate surface area is 89.3 Å². The smallest absolute Gasteiger partial charge is 0.450 e. The Kier molecular flexibility index (Phi) is 13.4. The van der Waals surface area contributed by atoms with E-state index in [4.69, 9.17) is 34.3 Å². The Balaban J connectivity index is -0.0000000910. The fraction of sp³-hybridized carbons (Fsp3) is 0. The minimum atomic E-state index is -4.64. The second-order valence-corrected chi connectivity index (χ2v) is 1.82. The average Bonchev–Trinajstić information content (AvgIpc) is 1.19. The molecular formula is CH5CeO7P. The van der Waals surface area contributed by atoms with Crippen LogP contribution in [0.3, 0.4) is 0 Å². The van der Waals surface area contributed by atoms with Crippen molar-refractivity contribution >= 4 is 14.0 Å². The largest absolute Gasteiger partial charge is 0.503 e. The first-order valence-corrected chi connectivity index (χ1v) is 3.00. The molecule has 0 unspecified atom stereocenters. The molecule has 0 spiro atoms. The van der Waals surface area contributed by atoms with Crippen molar-refractivity contribution in [3.63, 3.8) is 0 Å². The van der Waals surface area contributed by atoms with Gasteiger partial charge < -0.3 is 24.9 Å². The monoisotopic (exact) mass is 300 g/mol. The molecule has 0 bridgehead atoms. The zero-order valence-electron chi connectivity index (χ0n) is 4.50. The van der Waals surface area contributed by atoms with Crippen molar-refractivity contribution in [2.24, 2.45) is 0 Å². The summed E-state index contributed by atoms with van der Waals surface area (Å²) < 4.78 is 8.88. The summed E-state index contributed by atoms with van der Waals surface area (Å²) in [5.41, 5.74) is 0. The molecule has 0 amide bonds. The van der Waals surface area contributed by atoms with Crippen LogP contribution in [-0.2, 0) is 4.57 Å². The third-order valence-corrected chi connectivity index (χ3v) is 0. The van der Waals surface area contributed by atoms with Crippen molar-refractivity contribution in [1.82, 2.24) is 0 Å². The SMILES string of the molecule is O=C(O)O.O=P(O)(O)O.[Ce]. The van der Waals surface area contributed by atoms with Crippen molar-refractivity contribution in [2.45, 2.75) is 0 Å². The Morgan fingerprint density at radius 3 is 1.10 bits per heavy atom. The molecular weight excluding hydrogens is 295 g/mol. The Morgan fingerprint density at radius 2 is 1.10 bits per heavy atom. The van der Waals surface area contributed by atoms with Crippen molar-refractivity contribution in [3.05, 3.63) is 0 Å². The van der Waals surface area contributed by atoms with Gasteiger partial charge in [0, 0.05) is 41.7 Å². The zero-order valence-corrected chi connectivity index (χ0v) is 8.53. The summed E-state index contributed by atoms with van der Waals surface area (Å²) in [5, 5.41) is 13.9. The van der Waals surface area contributed by atoms with Crippen molar-refractivity contribution in [3.8, 4) is 0 Å². The van der Waals surface area contributed by atoms with Crippen LogP contribution in [0.15, 0.2) is 0 Å². The van der Waals surface area contributed by atoms with Crippen LogP contribution in [-0.4, -0.2) is 31.0 Å². The second kappa shape index (κ2) is 7.86. The number of phosphoric acid groups is 1.